The summed E-state index contributed by atoms with van der Waals surface area (Å²) in [6.07, 6.45) is -4.90. The molecule has 7 nitrogen and oxygen atoms in total. The van der Waals surface area contributed by atoms with Gasteiger partial charge in [0, 0.05) is 13.8 Å². The molecule has 0 aromatic heterocycles. The second-order valence-electron chi connectivity index (χ2n) is 3.44. The van der Waals surface area contributed by atoms with Crippen molar-refractivity contribution in [3.8, 4) is 0 Å². The highest BCUT2D eigenvalue weighted by molar-refractivity contribution is 5.67. The Balaban J connectivity index is 2.76. The van der Waals surface area contributed by atoms with E-state index < -0.39 is 36.5 Å². The molecule has 7 heteroatoms. The predicted molar refractivity (Wildman–Crippen MR) is 49.1 cm³/mol. The van der Waals surface area contributed by atoms with Crippen LogP contribution in [0.4, 0.5) is 0 Å². The molecule has 0 spiro atoms. The fourth-order valence-electron chi connectivity index (χ4n) is 1.42. The summed E-state index contributed by atoms with van der Waals surface area (Å²) in [6.45, 7) is 2.09. The van der Waals surface area contributed by atoms with E-state index in [0.29, 0.717) is 0 Å². The molecule has 1 rings (SSSR count). The van der Waals surface area contributed by atoms with Gasteiger partial charge in [0.25, 0.3) is 0 Å². The zero-order chi connectivity index (χ0) is 12.3. The van der Waals surface area contributed by atoms with E-state index in [0.717, 1.165) is 13.8 Å². The van der Waals surface area contributed by atoms with E-state index in [4.69, 9.17) is 14.2 Å². The Kier molecular flexibility index (Phi) is 4.22. The van der Waals surface area contributed by atoms with Crippen LogP contribution in [0.5, 0.6) is 0 Å². The molecule has 0 bridgehead atoms. The first-order valence-corrected chi connectivity index (χ1v) is 4.74. The molecule has 0 aliphatic carbocycles. The van der Waals surface area contributed by atoms with Crippen LogP contribution in [0.3, 0.4) is 0 Å². The third-order valence-electron chi connectivity index (χ3n) is 2.03. The van der Waals surface area contributed by atoms with Gasteiger partial charge in [-0.1, -0.05) is 0 Å². The quantitative estimate of drug-likeness (QED) is 0.564. The monoisotopic (exact) mass is 234 g/mol. The highest BCUT2D eigenvalue weighted by Gasteiger charge is 2.43. The Morgan fingerprint density at radius 3 is 2.12 bits per heavy atom. The summed E-state index contributed by atoms with van der Waals surface area (Å²) in [4.78, 5) is 21.6. The van der Waals surface area contributed by atoms with Crippen molar-refractivity contribution in [1.82, 2.24) is 0 Å². The Hall–Kier alpha value is -1.18. The predicted octanol–water partition coefficient (Wildman–Crippen LogP) is -1.44. The van der Waals surface area contributed by atoms with Crippen LogP contribution in [0.1, 0.15) is 13.8 Å². The maximum absolute atomic E-state index is 10.8. The lowest BCUT2D eigenvalue weighted by molar-refractivity contribution is -0.264. The highest BCUT2D eigenvalue weighted by atomic mass is 16.7. The second kappa shape index (κ2) is 5.24. The van der Waals surface area contributed by atoms with E-state index >= 15 is 0 Å². The second-order valence-corrected chi connectivity index (χ2v) is 3.44. The van der Waals surface area contributed by atoms with Crippen LogP contribution in [-0.2, 0) is 23.8 Å². The molecule has 2 N–H and O–H groups in total. The van der Waals surface area contributed by atoms with Crippen molar-refractivity contribution in [3.05, 3.63) is 0 Å². The van der Waals surface area contributed by atoms with E-state index in [1.54, 1.807) is 0 Å². The van der Waals surface area contributed by atoms with E-state index in [-0.39, 0.29) is 6.61 Å². The van der Waals surface area contributed by atoms with Gasteiger partial charge in [0.05, 0.1) is 6.61 Å². The van der Waals surface area contributed by atoms with Gasteiger partial charge in [0.1, 0.15) is 6.10 Å². The number of hydrogen-bond donors (Lipinski definition) is 2. The summed E-state index contributed by atoms with van der Waals surface area (Å²) in [5.74, 6) is -1.31. The molecule has 4 atom stereocenters. The zero-order valence-corrected chi connectivity index (χ0v) is 8.95. The number of aliphatic hydroxyl groups excluding tert-OH is 2. The van der Waals surface area contributed by atoms with Crippen LogP contribution in [0, 0.1) is 0 Å². The molecule has 0 radical (unpaired) electrons. The van der Waals surface area contributed by atoms with E-state index in [1.807, 2.05) is 0 Å². The highest BCUT2D eigenvalue weighted by Crippen LogP contribution is 2.20. The van der Waals surface area contributed by atoms with Crippen LogP contribution in [0.2, 0.25) is 0 Å². The number of esters is 2. The maximum Gasteiger partial charge on any atom is 0.303 e. The Bertz CT molecular complexity index is 249. The summed E-state index contributed by atoms with van der Waals surface area (Å²) in [5.41, 5.74) is 0. The molecule has 0 amide bonds. The lowest BCUT2D eigenvalue weighted by Gasteiger charge is -2.36. The summed E-state index contributed by atoms with van der Waals surface area (Å²) < 4.78 is 14.3. The van der Waals surface area contributed by atoms with Crippen molar-refractivity contribution < 1.29 is 34.0 Å². The van der Waals surface area contributed by atoms with Gasteiger partial charge in [-0.2, -0.15) is 0 Å². The molecular formula is C9H14O7. The normalized spacial score (nSPS) is 34.2. The van der Waals surface area contributed by atoms with Crippen molar-refractivity contribution in [2.24, 2.45) is 0 Å². The molecule has 1 unspecified atom stereocenters. The largest absolute Gasteiger partial charge is 0.455 e. The minimum atomic E-state index is -1.42. The number of ether oxygens (including phenoxy) is 3. The van der Waals surface area contributed by atoms with Crippen LogP contribution >= 0.6 is 0 Å². The number of aliphatic hydroxyl groups is 2. The van der Waals surface area contributed by atoms with E-state index in [1.165, 1.54) is 0 Å². The lowest BCUT2D eigenvalue weighted by atomic mass is 10.1. The molecule has 1 saturated heterocycles. The van der Waals surface area contributed by atoms with Crippen molar-refractivity contribution in [1.29, 1.82) is 0 Å². The van der Waals surface area contributed by atoms with Gasteiger partial charge >= 0.3 is 11.9 Å². The van der Waals surface area contributed by atoms with Gasteiger partial charge in [-0.25, -0.2) is 0 Å². The summed E-state index contributed by atoms with van der Waals surface area (Å²) in [6, 6.07) is 0. The molecule has 92 valence electrons. The number of hydrogen-bond acceptors (Lipinski definition) is 7. The number of rotatable bonds is 2. The third kappa shape index (κ3) is 3.16. The molecule has 16 heavy (non-hydrogen) atoms. The van der Waals surface area contributed by atoms with Crippen molar-refractivity contribution in [2.45, 2.75) is 38.4 Å². The first-order chi connectivity index (χ1) is 7.41. The van der Waals surface area contributed by atoms with Gasteiger partial charge in [-0.3, -0.25) is 9.59 Å². The topological polar surface area (TPSA) is 102 Å². The summed E-state index contributed by atoms with van der Waals surface area (Å²) in [5, 5.41) is 18.9. The minimum absolute atomic E-state index is 0.198. The number of carbonyl (C=O) groups is 2. The fraction of sp³-hybridized carbons (Fsp3) is 0.778. The van der Waals surface area contributed by atoms with Gasteiger partial charge < -0.3 is 24.4 Å². The first-order valence-electron chi connectivity index (χ1n) is 4.74. The average Bonchev–Trinajstić information content (AvgIpc) is 2.16. The Labute approximate surface area is 91.9 Å². The SMILES string of the molecule is CC(=O)O[C@H]1[C@H](O)COC(O)[C@@H]1OC(C)=O. The fourth-order valence-corrected chi connectivity index (χ4v) is 1.42. The van der Waals surface area contributed by atoms with Crippen LogP contribution in [0.15, 0.2) is 0 Å². The van der Waals surface area contributed by atoms with Crippen molar-refractivity contribution in [2.75, 3.05) is 6.61 Å². The number of carbonyl (C=O) groups excluding carboxylic acids is 2. The van der Waals surface area contributed by atoms with Crippen molar-refractivity contribution >= 4 is 11.9 Å². The standard InChI is InChI=1S/C9H14O7/c1-4(10)15-7-6(12)3-14-9(13)8(7)16-5(2)11/h6-9,12-13H,3H2,1-2H3/t6-,7+,8-,9?/m1/s1. The molecular weight excluding hydrogens is 220 g/mol. The van der Waals surface area contributed by atoms with Crippen LogP contribution in [-0.4, -0.2) is 53.4 Å². The molecule has 0 saturated carbocycles. The molecule has 1 heterocycles. The molecule has 0 aromatic rings. The Morgan fingerprint density at radius 2 is 1.62 bits per heavy atom. The van der Waals surface area contributed by atoms with Gasteiger partial charge in [-0.15, -0.1) is 0 Å². The molecule has 0 aromatic carbocycles. The van der Waals surface area contributed by atoms with Crippen LogP contribution < -0.4 is 0 Å². The van der Waals surface area contributed by atoms with Crippen LogP contribution in [0.25, 0.3) is 0 Å². The van der Waals surface area contributed by atoms with Crippen molar-refractivity contribution in [3.63, 3.8) is 0 Å². The van der Waals surface area contributed by atoms with E-state index in [9.17, 15) is 19.8 Å². The smallest absolute Gasteiger partial charge is 0.303 e. The van der Waals surface area contributed by atoms with E-state index in [2.05, 4.69) is 0 Å². The maximum atomic E-state index is 10.8. The Morgan fingerprint density at radius 1 is 1.12 bits per heavy atom. The third-order valence-corrected chi connectivity index (χ3v) is 2.03. The minimum Gasteiger partial charge on any atom is -0.455 e. The molecule has 1 fully saturated rings. The lowest BCUT2D eigenvalue weighted by Crippen LogP contribution is -2.56. The van der Waals surface area contributed by atoms with Gasteiger partial charge in [-0.05, 0) is 0 Å². The molecule has 1 aliphatic heterocycles. The summed E-state index contributed by atoms with van der Waals surface area (Å²) in [7, 11) is 0. The van der Waals surface area contributed by atoms with Gasteiger partial charge in [0.2, 0.25) is 0 Å². The van der Waals surface area contributed by atoms with Gasteiger partial charge in [0.15, 0.2) is 18.5 Å². The first kappa shape index (κ1) is 12.9. The molecule has 1 aliphatic rings. The zero-order valence-electron chi connectivity index (χ0n) is 8.95. The average molecular weight is 234 g/mol. The summed E-state index contributed by atoms with van der Waals surface area (Å²) >= 11 is 0.